The fourth-order valence-corrected chi connectivity index (χ4v) is 1.51. The quantitative estimate of drug-likeness (QED) is 0.793. The second-order valence-corrected chi connectivity index (χ2v) is 4.20. The van der Waals surface area contributed by atoms with Crippen LogP contribution in [0.5, 0.6) is 5.75 Å². The van der Waals surface area contributed by atoms with Crippen LogP contribution in [0.25, 0.3) is 0 Å². The minimum atomic E-state index is 0.368. The zero-order chi connectivity index (χ0) is 12.1. The number of aromatic nitrogens is 3. The van der Waals surface area contributed by atoms with Crippen molar-refractivity contribution >= 4 is 0 Å². The highest BCUT2D eigenvalue weighted by Crippen LogP contribution is 2.12. The van der Waals surface area contributed by atoms with E-state index in [1.807, 2.05) is 23.0 Å². The molecule has 0 spiro atoms. The average molecular weight is 231 g/mol. The monoisotopic (exact) mass is 231 g/mol. The van der Waals surface area contributed by atoms with Crippen molar-refractivity contribution < 1.29 is 4.74 Å². The molecule has 0 fully saturated rings. The van der Waals surface area contributed by atoms with Gasteiger partial charge in [0.15, 0.2) is 5.75 Å². The lowest BCUT2D eigenvalue weighted by molar-refractivity contribution is 0.321. The first kappa shape index (κ1) is 11.6. The van der Waals surface area contributed by atoms with E-state index in [9.17, 15) is 0 Å². The van der Waals surface area contributed by atoms with Gasteiger partial charge in [-0.2, -0.15) is 5.10 Å². The van der Waals surface area contributed by atoms with E-state index in [1.165, 1.54) is 5.56 Å². The van der Waals surface area contributed by atoms with E-state index in [0.717, 1.165) is 12.2 Å². The van der Waals surface area contributed by atoms with Gasteiger partial charge in [0.1, 0.15) is 0 Å². The molecule has 17 heavy (non-hydrogen) atoms. The maximum atomic E-state index is 5.64. The second-order valence-electron chi connectivity index (χ2n) is 4.20. The molecule has 2 rings (SSSR count). The zero-order valence-corrected chi connectivity index (χ0v) is 10.2. The predicted molar refractivity (Wildman–Crippen MR) is 66.0 cm³/mol. The minimum Gasteiger partial charge on any atom is -0.490 e. The Hall–Kier alpha value is -1.84. The Kier molecular flexibility index (Phi) is 3.75. The summed E-state index contributed by atoms with van der Waals surface area (Å²) in [6.45, 7) is 4.84. The molecule has 4 heteroatoms. The van der Waals surface area contributed by atoms with E-state index in [-0.39, 0.29) is 0 Å². The Bertz CT molecular complexity index is 451. The first-order valence-corrected chi connectivity index (χ1v) is 5.81. The number of hydrogen-bond acceptors (Lipinski definition) is 3. The van der Waals surface area contributed by atoms with Crippen LogP contribution in [0, 0.1) is 0 Å². The Morgan fingerprint density at radius 3 is 2.71 bits per heavy atom. The smallest absolute Gasteiger partial charge is 0.157 e. The summed E-state index contributed by atoms with van der Waals surface area (Å²) in [4.78, 5) is 3.98. The molecule has 0 N–H and O–H groups in total. The highest BCUT2D eigenvalue weighted by molar-refractivity contribution is 5.13. The van der Waals surface area contributed by atoms with Gasteiger partial charge in [0.2, 0.25) is 0 Å². The number of pyridine rings is 1. The van der Waals surface area contributed by atoms with Crippen LogP contribution in [0.4, 0.5) is 0 Å². The molecule has 0 aromatic carbocycles. The summed E-state index contributed by atoms with van der Waals surface area (Å²) in [6.07, 6.45) is 8.16. The molecule has 0 radical (unpaired) electrons. The molecule has 0 saturated heterocycles. The Morgan fingerprint density at radius 1 is 1.29 bits per heavy atom. The summed E-state index contributed by atoms with van der Waals surface area (Å²) in [6, 6.07) is 4.37. The van der Waals surface area contributed by atoms with Crippen LogP contribution in [0.3, 0.4) is 0 Å². The van der Waals surface area contributed by atoms with Gasteiger partial charge in [-0.15, -0.1) is 0 Å². The lowest BCUT2D eigenvalue weighted by Crippen LogP contribution is -2.02. The summed E-state index contributed by atoms with van der Waals surface area (Å²) in [5, 5.41) is 4.22. The molecule has 0 saturated carbocycles. The third-order valence-corrected chi connectivity index (χ3v) is 2.52. The molecule has 0 unspecified atom stereocenters. The molecular weight excluding hydrogens is 214 g/mol. The van der Waals surface area contributed by atoms with Crippen LogP contribution in [0.15, 0.2) is 36.9 Å². The SMILES string of the molecule is CC(C)n1cc(OCCc2ccncc2)cn1. The number of nitrogens with zero attached hydrogens (tertiary/aromatic N) is 3. The van der Waals surface area contributed by atoms with Crippen LogP contribution >= 0.6 is 0 Å². The second kappa shape index (κ2) is 5.48. The van der Waals surface area contributed by atoms with Crippen LogP contribution in [-0.2, 0) is 6.42 Å². The van der Waals surface area contributed by atoms with Gasteiger partial charge in [-0.3, -0.25) is 9.67 Å². The first-order valence-electron chi connectivity index (χ1n) is 5.81. The Labute approximate surface area is 101 Å². The number of ether oxygens (including phenoxy) is 1. The van der Waals surface area contributed by atoms with Crippen molar-refractivity contribution in [3.05, 3.63) is 42.5 Å². The number of rotatable bonds is 5. The maximum absolute atomic E-state index is 5.64. The van der Waals surface area contributed by atoms with Gasteiger partial charge >= 0.3 is 0 Å². The Balaban J connectivity index is 1.82. The highest BCUT2D eigenvalue weighted by Gasteiger charge is 2.02. The molecule has 4 nitrogen and oxygen atoms in total. The molecule has 0 aliphatic heterocycles. The van der Waals surface area contributed by atoms with Gasteiger partial charge in [0, 0.05) is 24.9 Å². The predicted octanol–water partition coefficient (Wildman–Crippen LogP) is 2.48. The van der Waals surface area contributed by atoms with E-state index in [0.29, 0.717) is 12.6 Å². The van der Waals surface area contributed by atoms with Crippen molar-refractivity contribution in [3.8, 4) is 5.75 Å². The van der Waals surface area contributed by atoms with Crippen molar-refractivity contribution in [2.24, 2.45) is 0 Å². The van der Waals surface area contributed by atoms with Crippen molar-refractivity contribution in [1.82, 2.24) is 14.8 Å². The lowest BCUT2D eigenvalue weighted by Gasteiger charge is -2.04. The fourth-order valence-electron chi connectivity index (χ4n) is 1.51. The third kappa shape index (κ3) is 3.31. The molecule has 0 bridgehead atoms. The molecule has 0 atom stereocenters. The summed E-state index contributed by atoms with van der Waals surface area (Å²) in [7, 11) is 0. The molecule has 2 aromatic heterocycles. The van der Waals surface area contributed by atoms with Crippen LogP contribution in [0.1, 0.15) is 25.5 Å². The lowest BCUT2D eigenvalue weighted by atomic mass is 10.2. The van der Waals surface area contributed by atoms with E-state index >= 15 is 0 Å². The summed E-state index contributed by atoms with van der Waals surface area (Å²) < 4.78 is 7.53. The summed E-state index contributed by atoms with van der Waals surface area (Å²) >= 11 is 0. The third-order valence-electron chi connectivity index (χ3n) is 2.52. The Morgan fingerprint density at radius 2 is 2.06 bits per heavy atom. The van der Waals surface area contributed by atoms with Gasteiger partial charge in [0.25, 0.3) is 0 Å². The van der Waals surface area contributed by atoms with Gasteiger partial charge < -0.3 is 4.74 Å². The average Bonchev–Trinajstić information content (AvgIpc) is 2.79. The maximum Gasteiger partial charge on any atom is 0.157 e. The van der Waals surface area contributed by atoms with E-state index in [4.69, 9.17) is 4.74 Å². The molecule has 0 aliphatic rings. The first-order chi connectivity index (χ1) is 8.25. The fraction of sp³-hybridized carbons (Fsp3) is 0.385. The normalized spacial score (nSPS) is 10.8. The van der Waals surface area contributed by atoms with Gasteiger partial charge in [-0.1, -0.05) is 0 Å². The van der Waals surface area contributed by atoms with E-state index < -0.39 is 0 Å². The van der Waals surface area contributed by atoms with Crippen LogP contribution in [0.2, 0.25) is 0 Å². The van der Waals surface area contributed by atoms with Crippen molar-refractivity contribution in [2.75, 3.05) is 6.61 Å². The van der Waals surface area contributed by atoms with Crippen LogP contribution < -0.4 is 4.74 Å². The van der Waals surface area contributed by atoms with Gasteiger partial charge in [0.05, 0.1) is 19.0 Å². The molecule has 0 amide bonds. The highest BCUT2D eigenvalue weighted by atomic mass is 16.5. The van der Waals surface area contributed by atoms with E-state index in [2.05, 4.69) is 23.9 Å². The van der Waals surface area contributed by atoms with Crippen molar-refractivity contribution in [3.63, 3.8) is 0 Å². The molecule has 2 heterocycles. The van der Waals surface area contributed by atoms with Crippen LogP contribution in [-0.4, -0.2) is 21.4 Å². The van der Waals surface area contributed by atoms with Crippen molar-refractivity contribution in [2.45, 2.75) is 26.3 Å². The molecule has 2 aromatic rings. The van der Waals surface area contributed by atoms with Gasteiger partial charge in [-0.05, 0) is 31.5 Å². The largest absolute Gasteiger partial charge is 0.490 e. The van der Waals surface area contributed by atoms with Crippen molar-refractivity contribution in [1.29, 1.82) is 0 Å². The van der Waals surface area contributed by atoms with E-state index in [1.54, 1.807) is 18.6 Å². The summed E-state index contributed by atoms with van der Waals surface area (Å²) in [5.74, 6) is 0.827. The van der Waals surface area contributed by atoms with Gasteiger partial charge in [-0.25, -0.2) is 0 Å². The molecular formula is C13H17N3O. The number of hydrogen-bond donors (Lipinski definition) is 0. The molecule has 0 aliphatic carbocycles. The summed E-state index contributed by atoms with van der Waals surface area (Å²) in [5.41, 5.74) is 1.23. The topological polar surface area (TPSA) is 39.9 Å². The minimum absolute atomic E-state index is 0.368. The zero-order valence-electron chi connectivity index (χ0n) is 10.2. The standard InChI is InChI=1S/C13H17N3O/c1-11(2)16-10-13(9-15-16)17-8-5-12-3-6-14-7-4-12/h3-4,6-7,9-11H,5,8H2,1-2H3. The molecule has 90 valence electrons.